The molecule has 2 aromatic rings. The van der Waals surface area contributed by atoms with E-state index in [1.54, 1.807) is 0 Å². The highest BCUT2D eigenvalue weighted by Gasteiger charge is 2.23. The number of rotatable bonds is 1. The van der Waals surface area contributed by atoms with Crippen LogP contribution in [-0.2, 0) is 6.42 Å². The molecule has 0 bridgehead atoms. The molecule has 1 aliphatic carbocycles. The van der Waals surface area contributed by atoms with Gasteiger partial charge in [-0.2, -0.15) is 0 Å². The fraction of sp³-hybridized carbons (Fsp3) is 0.333. The van der Waals surface area contributed by atoms with E-state index < -0.39 is 0 Å². The van der Waals surface area contributed by atoms with Gasteiger partial charge in [-0.15, -0.1) is 0 Å². The van der Waals surface area contributed by atoms with Gasteiger partial charge in [0.15, 0.2) is 5.78 Å². The van der Waals surface area contributed by atoms with Gasteiger partial charge >= 0.3 is 0 Å². The highest BCUT2D eigenvalue weighted by Crippen LogP contribution is 2.28. The second-order valence-corrected chi connectivity index (χ2v) is 5.85. The molecule has 98 valence electrons. The van der Waals surface area contributed by atoms with Crippen molar-refractivity contribution in [2.75, 3.05) is 0 Å². The molecule has 3 rings (SSSR count). The molecule has 0 N–H and O–H groups in total. The minimum absolute atomic E-state index is 0.261. The van der Waals surface area contributed by atoms with Crippen LogP contribution in [0.1, 0.15) is 40.3 Å². The Labute approximate surface area is 120 Å². The third-order valence-corrected chi connectivity index (χ3v) is 4.48. The third-order valence-electron chi connectivity index (χ3n) is 3.64. The van der Waals surface area contributed by atoms with Crippen LogP contribution in [0.2, 0.25) is 0 Å². The van der Waals surface area contributed by atoms with Crippen molar-refractivity contribution in [1.82, 2.24) is 9.55 Å². The summed E-state index contributed by atoms with van der Waals surface area (Å²) >= 11 is 3.47. The Hall–Kier alpha value is -1.42. The van der Waals surface area contributed by atoms with Crippen LogP contribution in [-0.4, -0.2) is 15.3 Å². The summed E-state index contributed by atoms with van der Waals surface area (Å²) in [5.74, 6) is 1.16. The minimum atomic E-state index is 0.261. The van der Waals surface area contributed by atoms with Crippen molar-refractivity contribution in [2.45, 2.75) is 33.1 Å². The zero-order valence-corrected chi connectivity index (χ0v) is 12.6. The lowest BCUT2D eigenvalue weighted by Crippen LogP contribution is -2.13. The maximum absolute atomic E-state index is 12.0. The molecule has 0 aliphatic heterocycles. The van der Waals surface area contributed by atoms with E-state index in [0.717, 1.165) is 45.8 Å². The minimum Gasteiger partial charge on any atom is -0.302 e. The van der Waals surface area contributed by atoms with Gasteiger partial charge in [0.05, 0.1) is 5.69 Å². The Morgan fingerprint density at radius 3 is 2.79 bits per heavy atom. The van der Waals surface area contributed by atoms with Gasteiger partial charge in [0.2, 0.25) is 0 Å². The average Bonchev–Trinajstić information content (AvgIpc) is 2.71. The number of aryl methyl sites for hydroxylation is 2. The second kappa shape index (κ2) is 4.60. The van der Waals surface area contributed by atoms with Gasteiger partial charge in [0, 0.05) is 27.8 Å². The van der Waals surface area contributed by atoms with Crippen LogP contribution in [0.5, 0.6) is 0 Å². The molecule has 0 fully saturated rings. The average molecular weight is 319 g/mol. The largest absolute Gasteiger partial charge is 0.302 e. The van der Waals surface area contributed by atoms with Crippen molar-refractivity contribution in [2.24, 2.45) is 0 Å². The van der Waals surface area contributed by atoms with Gasteiger partial charge in [0.25, 0.3) is 0 Å². The van der Waals surface area contributed by atoms with Gasteiger partial charge < -0.3 is 4.57 Å². The second-order valence-electron chi connectivity index (χ2n) is 4.99. The Bertz CT molecular complexity index is 673. The Morgan fingerprint density at radius 2 is 2.05 bits per heavy atom. The molecule has 1 aliphatic rings. The van der Waals surface area contributed by atoms with E-state index >= 15 is 0 Å². The van der Waals surface area contributed by atoms with Crippen LogP contribution in [0.3, 0.4) is 0 Å². The molecule has 19 heavy (non-hydrogen) atoms. The summed E-state index contributed by atoms with van der Waals surface area (Å²) in [7, 11) is 0. The SMILES string of the molecule is Cc1nc(-n2c(C)cc3c2CCCC3=O)ccc1Br. The quantitative estimate of drug-likeness (QED) is 0.802. The predicted molar refractivity (Wildman–Crippen MR) is 78.0 cm³/mol. The van der Waals surface area contributed by atoms with Gasteiger partial charge in [-0.25, -0.2) is 4.98 Å². The molecule has 2 aromatic heterocycles. The molecule has 0 atom stereocenters. The van der Waals surface area contributed by atoms with Crippen molar-refractivity contribution in [1.29, 1.82) is 0 Å². The monoisotopic (exact) mass is 318 g/mol. The Morgan fingerprint density at radius 1 is 1.26 bits per heavy atom. The van der Waals surface area contributed by atoms with Crippen molar-refractivity contribution in [3.05, 3.63) is 45.3 Å². The maximum Gasteiger partial charge on any atom is 0.164 e. The first-order valence-corrected chi connectivity index (χ1v) is 7.25. The van der Waals surface area contributed by atoms with Crippen molar-refractivity contribution in [3.63, 3.8) is 0 Å². The molecule has 0 spiro atoms. The van der Waals surface area contributed by atoms with Crippen molar-refractivity contribution < 1.29 is 4.79 Å². The van der Waals surface area contributed by atoms with Gasteiger partial charge in [-0.1, -0.05) is 0 Å². The number of halogens is 1. The molecule has 3 nitrogen and oxygen atoms in total. The molecule has 0 unspecified atom stereocenters. The van der Waals surface area contributed by atoms with Crippen LogP contribution in [0, 0.1) is 13.8 Å². The van der Waals surface area contributed by atoms with Crippen LogP contribution >= 0.6 is 15.9 Å². The molecule has 2 heterocycles. The van der Waals surface area contributed by atoms with Gasteiger partial charge in [-0.3, -0.25) is 4.79 Å². The van der Waals surface area contributed by atoms with E-state index in [-0.39, 0.29) is 5.78 Å². The number of aromatic nitrogens is 2. The first kappa shape index (κ1) is 12.6. The highest BCUT2D eigenvalue weighted by molar-refractivity contribution is 9.10. The van der Waals surface area contributed by atoms with E-state index in [1.807, 2.05) is 32.0 Å². The molecular weight excluding hydrogens is 304 g/mol. The van der Waals surface area contributed by atoms with Crippen LogP contribution in [0.25, 0.3) is 5.82 Å². The molecule has 0 radical (unpaired) electrons. The Balaban J connectivity index is 2.20. The van der Waals surface area contributed by atoms with E-state index in [2.05, 4.69) is 25.5 Å². The summed E-state index contributed by atoms with van der Waals surface area (Å²) in [6.45, 7) is 4.01. The van der Waals surface area contributed by atoms with E-state index in [0.29, 0.717) is 6.42 Å². The van der Waals surface area contributed by atoms with Crippen molar-refractivity contribution >= 4 is 21.7 Å². The first-order valence-electron chi connectivity index (χ1n) is 6.46. The Kier molecular flexibility index (Phi) is 3.05. The molecular formula is C15H15BrN2O. The summed E-state index contributed by atoms with van der Waals surface area (Å²) in [6.07, 6.45) is 2.56. The normalized spacial score (nSPS) is 14.6. The van der Waals surface area contributed by atoms with E-state index in [1.165, 1.54) is 0 Å². The number of hydrogen-bond acceptors (Lipinski definition) is 2. The molecule has 4 heteroatoms. The van der Waals surface area contributed by atoms with Gasteiger partial charge in [-0.05, 0) is 60.8 Å². The lowest BCUT2D eigenvalue weighted by atomic mass is 9.97. The highest BCUT2D eigenvalue weighted by atomic mass is 79.9. The lowest BCUT2D eigenvalue weighted by molar-refractivity contribution is 0.0972. The molecule has 0 amide bonds. The van der Waals surface area contributed by atoms with Crippen molar-refractivity contribution in [3.8, 4) is 5.82 Å². The first-order chi connectivity index (χ1) is 9.08. The molecule has 0 aromatic carbocycles. The van der Waals surface area contributed by atoms with Crippen LogP contribution in [0.4, 0.5) is 0 Å². The third kappa shape index (κ3) is 2.04. The zero-order chi connectivity index (χ0) is 13.6. The zero-order valence-electron chi connectivity index (χ0n) is 11.0. The summed E-state index contributed by atoms with van der Waals surface area (Å²) in [5.41, 5.74) is 4.03. The number of carbonyl (C=O) groups excluding carboxylic acids is 1. The number of pyridine rings is 1. The summed E-state index contributed by atoms with van der Waals surface area (Å²) in [6, 6.07) is 5.99. The number of carbonyl (C=O) groups is 1. The standard InChI is InChI=1S/C15H15BrN2O/c1-9-8-11-13(4-3-5-14(11)19)18(9)15-7-6-12(16)10(2)17-15/h6-8H,3-5H2,1-2H3. The lowest BCUT2D eigenvalue weighted by Gasteiger charge is -2.16. The fourth-order valence-electron chi connectivity index (χ4n) is 2.70. The van der Waals surface area contributed by atoms with E-state index in [4.69, 9.17) is 0 Å². The molecule has 0 saturated heterocycles. The number of ketones is 1. The number of fused-ring (bicyclic) bond motifs is 1. The number of nitrogens with zero attached hydrogens (tertiary/aromatic N) is 2. The van der Waals surface area contributed by atoms with Crippen LogP contribution in [0.15, 0.2) is 22.7 Å². The topological polar surface area (TPSA) is 34.9 Å². The number of hydrogen-bond donors (Lipinski definition) is 0. The fourth-order valence-corrected chi connectivity index (χ4v) is 2.92. The molecule has 0 saturated carbocycles. The number of Topliss-reactive ketones (excluding diaryl/α,β-unsaturated/α-hetero) is 1. The predicted octanol–water partition coefficient (Wildman–Crippen LogP) is 3.77. The van der Waals surface area contributed by atoms with Crippen LogP contribution < -0.4 is 0 Å². The smallest absolute Gasteiger partial charge is 0.164 e. The van der Waals surface area contributed by atoms with E-state index in [9.17, 15) is 4.79 Å². The summed E-state index contributed by atoms with van der Waals surface area (Å²) < 4.78 is 3.12. The summed E-state index contributed by atoms with van der Waals surface area (Å²) in [4.78, 5) is 16.6. The van der Waals surface area contributed by atoms with Gasteiger partial charge in [0.1, 0.15) is 5.82 Å². The maximum atomic E-state index is 12.0. The summed E-state index contributed by atoms with van der Waals surface area (Å²) in [5, 5.41) is 0.